The van der Waals surface area contributed by atoms with Crippen molar-refractivity contribution in [3.8, 4) is 17.2 Å². The van der Waals surface area contributed by atoms with Gasteiger partial charge in [-0.05, 0) is 37.3 Å². The summed E-state index contributed by atoms with van der Waals surface area (Å²) in [5.74, 6) is 0.894. The van der Waals surface area contributed by atoms with Crippen LogP contribution in [0, 0.1) is 0 Å². The summed E-state index contributed by atoms with van der Waals surface area (Å²) in [7, 11) is 4.49. The Kier molecular flexibility index (Phi) is 5.36. The molecule has 1 aromatic heterocycles. The molecule has 7 nitrogen and oxygen atoms in total. The standard InChI is InChI=1S/C19H20N2O5S/c1-5-21-13-7-6-12(10-16(13)27-19(21)23)20-18(22)11-8-14(24-2)17(26-4)15(9-11)25-3/h6-10H,5H2,1-4H3,(H,20,22). The molecule has 1 N–H and O–H groups in total. The summed E-state index contributed by atoms with van der Waals surface area (Å²) < 4.78 is 18.4. The molecule has 27 heavy (non-hydrogen) atoms. The van der Waals surface area contributed by atoms with E-state index in [0.717, 1.165) is 21.6 Å². The third kappa shape index (κ3) is 3.48. The molecular weight excluding hydrogens is 368 g/mol. The number of rotatable bonds is 6. The minimum absolute atomic E-state index is 0.0133. The van der Waals surface area contributed by atoms with Crippen LogP contribution in [0.5, 0.6) is 17.2 Å². The highest BCUT2D eigenvalue weighted by molar-refractivity contribution is 7.16. The van der Waals surface area contributed by atoms with Crippen molar-refractivity contribution in [1.82, 2.24) is 4.57 Å². The monoisotopic (exact) mass is 388 g/mol. The first-order valence-corrected chi connectivity index (χ1v) is 9.08. The number of hydrogen-bond acceptors (Lipinski definition) is 6. The smallest absolute Gasteiger partial charge is 0.308 e. The molecule has 0 unspecified atom stereocenters. The molecule has 2 aromatic carbocycles. The summed E-state index contributed by atoms with van der Waals surface area (Å²) in [6.45, 7) is 2.53. The molecule has 142 valence electrons. The fourth-order valence-electron chi connectivity index (χ4n) is 2.86. The largest absolute Gasteiger partial charge is 0.493 e. The Bertz CT molecular complexity index is 1030. The van der Waals surface area contributed by atoms with Gasteiger partial charge in [0.15, 0.2) is 11.5 Å². The van der Waals surface area contributed by atoms with E-state index in [-0.39, 0.29) is 10.8 Å². The molecule has 0 aliphatic heterocycles. The molecule has 0 fully saturated rings. The molecule has 0 aliphatic rings. The van der Waals surface area contributed by atoms with Gasteiger partial charge < -0.3 is 19.5 Å². The van der Waals surface area contributed by atoms with Crippen molar-refractivity contribution >= 4 is 33.1 Å². The van der Waals surface area contributed by atoms with Crippen LogP contribution in [-0.4, -0.2) is 31.8 Å². The Morgan fingerprint density at radius 2 is 1.74 bits per heavy atom. The third-order valence-corrected chi connectivity index (χ3v) is 5.11. The first kappa shape index (κ1) is 18.8. The number of ether oxygens (including phenoxy) is 3. The van der Waals surface area contributed by atoms with Crippen LogP contribution < -0.4 is 24.4 Å². The number of benzene rings is 2. The average molecular weight is 388 g/mol. The number of methoxy groups -OCH3 is 3. The molecule has 0 bridgehead atoms. The number of thiazole rings is 1. The lowest BCUT2D eigenvalue weighted by molar-refractivity contribution is 0.102. The third-order valence-electron chi connectivity index (χ3n) is 4.17. The van der Waals surface area contributed by atoms with Crippen molar-refractivity contribution in [3.63, 3.8) is 0 Å². The predicted octanol–water partition coefficient (Wildman–Crippen LogP) is 3.36. The maximum atomic E-state index is 12.7. The molecule has 3 aromatic rings. The highest BCUT2D eigenvalue weighted by atomic mass is 32.1. The van der Waals surface area contributed by atoms with Crippen LogP contribution in [0.1, 0.15) is 17.3 Å². The second-order valence-corrected chi connectivity index (χ2v) is 6.66. The Morgan fingerprint density at radius 3 is 2.30 bits per heavy atom. The molecule has 0 saturated carbocycles. The molecule has 3 rings (SSSR count). The van der Waals surface area contributed by atoms with E-state index in [2.05, 4.69) is 5.32 Å². The first-order valence-electron chi connectivity index (χ1n) is 8.27. The Labute approximate surface area is 160 Å². The Hall–Kier alpha value is -3.00. The highest BCUT2D eigenvalue weighted by Gasteiger charge is 2.17. The van der Waals surface area contributed by atoms with Crippen LogP contribution in [0.4, 0.5) is 5.69 Å². The first-order chi connectivity index (χ1) is 13.0. The number of nitrogens with zero attached hydrogens (tertiary/aromatic N) is 1. The molecule has 0 saturated heterocycles. The molecule has 1 heterocycles. The zero-order valence-corrected chi connectivity index (χ0v) is 16.3. The van der Waals surface area contributed by atoms with Crippen LogP contribution in [0.2, 0.25) is 0 Å². The summed E-state index contributed by atoms with van der Waals surface area (Å²) >= 11 is 1.16. The number of carbonyl (C=O) groups is 1. The van der Waals surface area contributed by atoms with Crippen LogP contribution in [0.25, 0.3) is 10.2 Å². The van der Waals surface area contributed by atoms with E-state index in [0.29, 0.717) is 35.0 Å². The molecule has 8 heteroatoms. The van der Waals surface area contributed by atoms with Crippen molar-refractivity contribution in [2.24, 2.45) is 0 Å². The Morgan fingerprint density at radius 1 is 1.07 bits per heavy atom. The number of aryl methyl sites for hydroxylation is 1. The number of nitrogens with one attached hydrogen (secondary N) is 1. The van der Waals surface area contributed by atoms with Crippen LogP contribution in [-0.2, 0) is 6.54 Å². The van der Waals surface area contributed by atoms with E-state index in [9.17, 15) is 9.59 Å². The SMILES string of the molecule is CCn1c(=O)sc2cc(NC(=O)c3cc(OC)c(OC)c(OC)c3)ccc21. The highest BCUT2D eigenvalue weighted by Crippen LogP contribution is 2.38. The lowest BCUT2D eigenvalue weighted by Crippen LogP contribution is -2.13. The van der Waals surface area contributed by atoms with E-state index in [1.807, 2.05) is 13.0 Å². The normalized spacial score (nSPS) is 10.7. The van der Waals surface area contributed by atoms with Crippen LogP contribution in [0.3, 0.4) is 0 Å². The number of carbonyl (C=O) groups excluding carboxylic acids is 1. The molecule has 0 spiro atoms. The second kappa shape index (κ2) is 7.71. The van der Waals surface area contributed by atoms with Crippen LogP contribution >= 0.6 is 11.3 Å². The second-order valence-electron chi connectivity index (χ2n) is 5.66. The van der Waals surface area contributed by atoms with Crippen LogP contribution in [0.15, 0.2) is 35.1 Å². The fourth-order valence-corrected chi connectivity index (χ4v) is 3.85. The summed E-state index contributed by atoms with van der Waals surface area (Å²) in [6, 6.07) is 8.57. The number of aromatic nitrogens is 1. The van der Waals surface area contributed by atoms with Crippen molar-refractivity contribution in [1.29, 1.82) is 0 Å². The van der Waals surface area contributed by atoms with Gasteiger partial charge in [-0.2, -0.15) is 0 Å². The van der Waals surface area contributed by atoms with Gasteiger partial charge in [-0.1, -0.05) is 11.3 Å². The lowest BCUT2D eigenvalue weighted by atomic mass is 10.1. The Balaban J connectivity index is 1.93. The zero-order valence-electron chi connectivity index (χ0n) is 15.5. The van der Waals surface area contributed by atoms with Gasteiger partial charge in [-0.25, -0.2) is 0 Å². The van der Waals surface area contributed by atoms with Gasteiger partial charge in [-0.15, -0.1) is 0 Å². The molecule has 0 atom stereocenters. The minimum atomic E-state index is -0.323. The quantitative estimate of drug-likeness (QED) is 0.701. The van der Waals surface area contributed by atoms with E-state index >= 15 is 0 Å². The summed E-state index contributed by atoms with van der Waals surface area (Å²) in [5.41, 5.74) is 1.83. The molecule has 0 aliphatic carbocycles. The van der Waals surface area contributed by atoms with Crippen molar-refractivity contribution in [2.45, 2.75) is 13.5 Å². The molecule has 1 amide bonds. The topological polar surface area (TPSA) is 78.8 Å². The zero-order chi connectivity index (χ0) is 19.6. The van der Waals surface area contributed by atoms with Crippen molar-refractivity contribution in [2.75, 3.05) is 26.6 Å². The summed E-state index contributed by atoms with van der Waals surface area (Å²) in [5, 5.41) is 2.84. The van der Waals surface area contributed by atoms with E-state index in [4.69, 9.17) is 14.2 Å². The van der Waals surface area contributed by atoms with Crippen molar-refractivity contribution in [3.05, 3.63) is 45.6 Å². The number of fused-ring (bicyclic) bond motifs is 1. The average Bonchev–Trinajstić information content (AvgIpc) is 3.00. The van der Waals surface area contributed by atoms with Gasteiger partial charge >= 0.3 is 4.87 Å². The fraction of sp³-hybridized carbons (Fsp3) is 0.263. The van der Waals surface area contributed by atoms with Gasteiger partial charge in [0.25, 0.3) is 5.91 Å². The van der Waals surface area contributed by atoms with Gasteiger partial charge in [-0.3, -0.25) is 14.2 Å². The maximum absolute atomic E-state index is 12.7. The minimum Gasteiger partial charge on any atom is -0.493 e. The summed E-state index contributed by atoms with van der Waals surface area (Å²) in [4.78, 5) is 24.7. The predicted molar refractivity (Wildman–Crippen MR) is 106 cm³/mol. The van der Waals surface area contributed by atoms with E-state index in [1.54, 1.807) is 28.8 Å². The van der Waals surface area contributed by atoms with Gasteiger partial charge in [0.2, 0.25) is 5.75 Å². The number of anilines is 1. The number of hydrogen-bond donors (Lipinski definition) is 1. The number of amides is 1. The van der Waals surface area contributed by atoms with E-state index in [1.165, 1.54) is 21.3 Å². The lowest BCUT2D eigenvalue weighted by Gasteiger charge is -2.14. The van der Waals surface area contributed by atoms with Gasteiger partial charge in [0.05, 0.1) is 31.5 Å². The van der Waals surface area contributed by atoms with E-state index < -0.39 is 0 Å². The summed E-state index contributed by atoms with van der Waals surface area (Å²) in [6.07, 6.45) is 0. The van der Waals surface area contributed by atoms with Crippen molar-refractivity contribution < 1.29 is 19.0 Å². The molecular formula is C19H20N2O5S. The van der Waals surface area contributed by atoms with Gasteiger partial charge in [0.1, 0.15) is 0 Å². The molecule has 0 radical (unpaired) electrons. The maximum Gasteiger partial charge on any atom is 0.308 e. The van der Waals surface area contributed by atoms with Gasteiger partial charge in [0, 0.05) is 17.8 Å².